The van der Waals surface area contributed by atoms with Crippen molar-refractivity contribution >= 4 is 22.8 Å². The summed E-state index contributed by atoms with van der Waals surface area (Å²) in [5.74, 6) is 0.444. The van der Waals surface area contributed by atoms with Crippen molar-refractivity contribution in [1.82, 2.24) is 24.5 Å². The molecule has 0 saturated carbocycles. The van der Waals surface area contributed by atoms with Gasteiger partial charge in [0, 0.05) is 24.7 Å². The standard InChI is InChI=1S/C16H20N6O/c1-10-12-8-11(9-17-14(12)21(5)20-10)15(23)19-13-6-7-18-22(13)16(2,3)4/h6-9H,1-5H3,(H,19,23). The van der Waals surface area contributed by atoms with Crippen LogP contribution in [0.2, 0.25) is 0 Å². The molecule has 3 rings (SSSR count). The number of hydrogen-bond donors (Lipinski definition) is 1. The number of nitrogens with zero attached hydrogens (tertiary/aromatic N) is 5. The van der Waals surface area contributed by atoms with Gasteiger partial charge >= 0.3 is 0 Å². The number of pyridine rings is 1. The summed E-state index contributed by atoms with van der Waals surface area (Å²) in [6.07, 6.45) is 3.24. The maximum Gasteiger partial charge on any atom is 0.258 e. The second kappa shape index (κ2) is 5.19. The van der Waals surface area contributed by atoms with E-state index in [1.165, 1.54) is 0 Å². The van der Waals surface area contributed by atoms with Gasteiger partial charge in [-0.05, 0) is 33.8 Å². The van der Waals surface area contributed by atoms with Crippen LogP contribution in [0.3, 0.4) is 0 Å². The number of hydrogen-bond acceptors (Lipinski definition) is 4. The summed E-state index contributed by atoms with van der Waals surface area (Å²) < 4.78 is 3.49. The van der Waals surface area contributed by atoms with Crippen LogP contribution in [0.4, 0.5) is 5.82 Å². The van der Waals surface area contributed by atoms with Gasteiger partial charge in [0.05, 0.1) is 23.0 Å². The molecule has 0 fully saturated rings. The maximum absolute atomic E-state index is 12.5. The highest BCUT2D eigenvalue weighted by Crippen LogP contribution is 2.21. The highest BCUT2D eigenvalue weighted by atomic mass is 16.1. The fourth-order valence-electron chi connectivity index (χ4n) is 2.55. The molecule has 0 bridgehead atoms. The Hall–Kier alpha value is -2.70. The lowest BCUT2D eigenvalue weighted by atomic mass is 10.1. The molecule has 0 aliphatic rings. The van der Waals surface area contributed by atoms with Crippen molar-refractivity contribution in [3.63, 3.8) is 0 Å². The zero-order chi connectivity index (χ0) is 16.8. The van der Waals surface area contributed by atoms with Crippen LogP contribution in [0.1, 0.15) is 36.8 Å². The quantitative estimate of drug-likeness (QED) is 0.788. The highest BCUT2D eigenvalue weighted by molar-refractivity contribution is 6.05. The van der Waals surface area contributed by atoms with Crippen molar-refractivity contribution < 1.29 is 4.79 Å². The molecular weight excluding hydrogens is 292 g/mol. The molecule has 0 aliphatic carbocycles. The fourth-order valence-corrected chi connectivity index (χ4v) is 2.55. The van der Waals surface area contributed by atoms with E-state index in [4.69, 9.17) is 0 Å². The maximum atomic E-state index is 12.5. The molecule has 0 unspecified atom stereocenters. The third kappa shape index (κ3) is 2.69. The summed E-state index contributed by atoms with van der Waals surface area (Å²) in [5, 5.41) is 12.4. The second-order valence-electron chi connectivity index (χ2n) is 6.56. The topological polar surface area (TPSA) is 77.6 Å². The van der Waals surface area contributed by atoms with Crippen LogP contribution in [0.25, 0.3) is 11.0 Å². The number of fused-ring (bicyclic) bond motifs is 1. The first-order valence-corrected chi connectivity index (χ1v) is 7.42. The number of rotatable bonds is 2. The van der Waals surface area contributed by atoms with E-state index < -0.39 is 0 Å². The minimum Gasteiger partial charge on any atom is -0.307 e. The molecule has 3 aromatic rings. The number of aromatic nitrogens is 5. The van der Waals surface area contributed by atoms with Crippen LogP contribution in [-0.4, -0.2) is 30.5 Å². The van der Waals surface area contributed by atoms with Crippen molar-refractivity contribution in [2.45, 2.75) is 33.2 Å². The van der Waals surface area contributed by atoms with Crippen LogP contribution in [0, 0.1) is 6.92 Å². The molecule has 3 aromatic heterocycles. The van der Waals surface area contributed by atoms with Gasteiger partial charge in [0.15, 0.2) is 5.65 Å². The van der Waals surface area contributed by atoms with Gasteiger partial charge in [0.2, 0.25) is 0 Å². The molecule has 0 aromatic carbocycles. The van der Waals surface area contributed by atoms with Crippen molar-refractivity contribution in [2.24, 2.45) is 7.05 Å². The molecule has 1 amide bonds. The van der Waals surface area contributed by atoms with Gasteiger partial charge in [-0.3, -0.25) is 9.48 Å². The monoisotopic (exact) mass is 312 g/mol. The Labute approximate surface area is 134 Å². The number of anilines is 1. The molecule has 0 aliphatic heterocycles. The van der Waals surface area contributed by atoms with E-state index in [1.54, 1.807) is 27.8 Å². The van der Waals surface area contributed by atoms with Gasteiger partial charge in [-0.2, -0.15) is 10.2 Å². The molecule has 0 radical (unpaired) electrons. The number of amides is 1. The van der Waals surface area contributed by atoms with Crippen molar-refractivity contribution in [3.05, 3.63) is 35.8 Å². The van der Waals surface area contributed by atoms with Crippen LogP contribution in [-0.2, 0) is 12.6 Å². The van der Waals surface area contributed by atoms with Crippen LogP contribution < -0.4 is 5.32 Å². The first-order chi connectivity index (χ1) is 10.8. The smallest absolute Gasteiger partial charge is 0.258 e. The Balaban J connectivity index is 1.93. The molecule has 120 valence electrons. The Morgan fingerprint density at radius 3 is 2.74 bits per heavy atom. The summed E-state index contributed by atoms with van der Waals surface area (Å²) in [6.45, 7) is 7.99. The third-order valence-corrected chi connectivity index (χ3v) is 3.64. The van der Waals surface area contributed by atoms with Crippen molar-refractivity contribution in [3.8, 4) is 0 Å². The van der Waals surface area contributed by atoms with Crippen LogP contribution in [0.15, 0.2) is 24.5 Å². The average Bonchev–Trinajstić information content (AvgIpc) is 3.04. The van der Waals surface area contributed by atoms with Gasteiger partial charge in [0.25, 0.3) is 5.91 Å². The number of carbonyl (C=O) groups is 1. The molecule has 7 nitrogen and oxygen atoms in total. The second-order valence-corrected chi connectivity index (χ2v) is 6.56. The number of nitrogens with one attached hydrogen (secondary N) is 1. The third-order valence-electron chi connectivity index (χ3n) is 3.64. The number of carbonyl (C=O) groups excluding carboxylic acids is 1. The van der Waals surface area contributed by atoms with Gasteiger partial charge in [-0.1, -0.05) is 0 Å². The lowest BCUT2D eigenvalue weighted by Gasteiger charge is -2.22. The molecule has 0 atom stereocenters. The molecule has 3 heterocycles. The summed E-state index contributed by atoms with van der Waals surface area (Å²) in [6, 6.07) is 3.60. The summed E-state index contributed by atoms with van der Waals surface area (Å²) in [4.78, 5) is 16.9. The molecule has 23 heavy (non-hydrogen) atoms. The predicted molar refractivity (Wildman–Crippen MR) is 88.4 cm³/mol. The van der Waals surface area contributed by atoms with Crippen molar-refractivity contribution in [1.29, 1.82) is 0 Å². The minimum absolute atomic E-state index is 0.214. The highest BCUT2D eigenvalue weighted by Gasteiger charge is 2.19. The Morgan fingerprint density at radius 2 is 2.04 bits per heavy atom. The Morgan fingerprint density at radius 1 is 1.30 bits per heavy atom. The van der Waals surface area contributed by atoms with E-state index in [1.807, 2.05) is 40.8 Å². The molecule has 0 saturated heterocycles. The van der Waals surface area contributed by atoms with Gasteiger partial charge in [0.1, 0.15) is 5.82 Å². The molecular formula is C16H20N6O. The summed E-state index contributed by atoms with van der Waals surface area (Å²) in [7, 11) is 1.84. The zero-order valence-corrected chi connectivity index (χ0v) is 14.0. The van der Waals surface area contributed by atoms with Gasteiger partial charge in [-0.15, -0.1) is 0 Å². The van der Waals surface area contributed by atoms with E-state index in [0.29, 0.717) is 11.4 Å². The zero-order valence-electron chi connectivity index (χ0n) is 14.0. The average molecular weight is 312 g/mol. The number of aryl methyl sites for hydroxylation is 2. The first kappa shape index (κ1) is 15.2. The van der Waals surface area contributed by atoms with E-state index in [9.17, 15) is 4.79 Å². The predicted octanol–water partition coefficient (Wildman–Crippen LogP) is 2.48. The minimum atomic E-state index is -0.214. The Kier molecular flexibility index (Phi) is 3.43. The molecule has 0 spiro atoms. The summed E-state index contributed by atoms with van der Waals surface area (Å²) in [5.41, 5.74) is 1.90. The van der Waals surface area contributed by atoms with E-state index >= 15 is 0 Å². The summed E-state index contributed by atoms with van der Waals surface area (Å²) >= 11 is 0. The fraction of sp³-hybridized carbons (Fsp3) is 0.375. The molecule has 1 N–H and O–H groups in total. The van der Waals surface area contributed by atoms with Gasteiger partial charge in [-0.25, -0.2) is 9.67 Å². The molecule has 7 heteroatoms. The largest absolute Gasteiger partial charge is 0.307 e. The van der Waals surface area contributed by atoms with Crippen molar-refractivity contribution in [2.75, 3.05) is 5.32 Å². The SMILES string of the molecule is Cc1nn(C)c2ncc(C(=O)Nc3ccnn3C(C)(C)C)cc12. The van der Waals surface area contributed by atoms with Gasteiger partial charge < -0.3 is 5.32 Å². The van der Waals surface area contributed by atoms with Crippen LogP contribution >= 0.6 is 0 Å². The van der Waals surface area contributed by atoms with E-state index in [2.05, 4.69) is 20.5 Å². The lowest BCUT2D eigenvalue weighted by Crippen LogP contribution is -2.26. The first-order valence-electron chi connectivity index (χ1n) is 7.42. The van der Waals surface area contributed by atoms with Crippen LogP contribution in [0.5, 0.6) is 0 Å². The Bertz CT molecular complexity index is 884. The lowest BCUT2D eigenvalue weighted by molar-refractivity contribution is 0.102. The van der Waals surface area contributed by atoms with E-state index in [0.717, 1.165) is 16.7 Å². The van der Waals surface area contributed by atoms with E-state index in [-0.39, 0.29) is 11.4 Å². The normalized spacial score (nSPS) is 11.9.